The average molecular weight is 318 g/mol. The number of anilines is 1. The van der Waals surface area contributed by atoms with Crippen molar-refractivity contribution in [2.24, 2.45) is 0 Å². The van der Waals surface area contributed by atoms with Gasteiger partial charge in [-0.25, -0.2) is 4.79 Å². The van der Waals surface area contributed by atoms with Crippen LogP contribution in [0.3, 0.4) is 0 Å². The van der Waals surface area contributed by atoms with Crippen molar-refractivity contribution in [3.8, 4) is 5.75 Å². The van der Waals surface area contributed by atoms with Crippen LogP contribution in [0.15, 0.2) is 72.9 Å². The van der Waals surface area contributed by atoms with E-state index in [1.165, 1.54) is 0 Å². The summed E-state index contributed by atoms with van der Waals surface area (Å²) in [7, 11) is 1.62. The molecular formula is C20H18N2O2. The van der Waals surface area contributed by atoms with E-state index in [0.29, 0.717) is 0 Å². The van der Waals surface area contributed by atoms with Gasteiger partial charge in [0.25, 0.3) is 0 Å². The third-order valence-corrected chi connectivity index (χ3v) is 3.62. The summed E-state index contributed by atoms with van der Waals surface area (Å²) < 4.78 is 5.26. The van der Waals surface area contributed by atoms with Gasteiger partial charge in [0, 0.05) is 17.5 Å². The minimum atomic E-state index is -0.295. The fraction of sp³-hybridized carbons (Fsp3) is 0.0500. The van der Waals surface area contributed by atoms with Crippen molar-refractivity contribution in [1.29, 1.82) is 0 Å². The number of benzene rings is 3. The maximum atomic E-state index is 12.0. The average Bonchev–Trinajstić information content (AvgIpc) is 2.62. The van der Waals surface area contributed by atoms with Crippen LogP contribution in [0.5, 0.6) is 5.75 Å². The van der Waals surface area contributed by atoms with Gasteiger partial charge in [0.15, 0.2) is 0 Å². The van der Waals surface area contributed by atoms with Crippen LogP contribution in [0.1, 0.15) is 5.56 Å². The predicted molar refractivity (Wildman–Crippen MR) is 98.1 cm³/mol. The summed E-state index contributed by atoms with van der Waals surface area (Å²) in [5.41, 5.74) is 1.64. The molecule has 0 aliphatic rings. The summed E-state index contributed by atoms with van der Waals surface area (Å²) in [6.07, 6.45) is 3.38. The molecule has 0 heterocycles. The van der Waals surface area contributed by atoms with Gasteiger partial charge in [0.2, 0.25) is 0 Å². The Labute approximate surface area is 140 Å². The van der Waals surface area contributed by atoms with Crippen molar-refractivity contribution >= 4 is 28.6 Å². The molecule has 0 saturated heterocycles. The SMILES string of the molecule is COc1ccccc1/C=C/NC(=O)Nc1ccc2ccccc2c1. The van der Waals surface area contributed by atoms with Gasteiger partial charge >= 0.3 is 6.03 Å². The van der Waals surface area contributed by atoms with Crippen molar-refractivity contribution < 1.29 is 9.53 Å². The van der Waals surface area contributed by atoms with E-state index in [1.54, 1.807) is 19.4 Å². The lowest BCUT2D eigenvalue weighted by Crippen LogP contribution is -2.23. The molecule has 3 aromatic carbocycles. The van der Waals surface area contributed by atoms with Crippen molar-refractivity contribution in [3.63, 3.8) is 0 Å². The highest BCUT2D eigenvalue weighted by atomic mass is 16.5. The second kappa shape index (κ2) is 7.33. The number of carbonyl (C=O) groups excluding carboxylic acids is 1. The number of nitrogens with one attached hydrogen (secondary N) is 2. The van der Waals surface area contributed by atoms with Crippen LogP contribution in [0.4, 0.5) is 10.5 Å². The predicted octanol–water partition coefficient (Wildman–Crippen LogP) is 4.64. The molecule has 0 spiro atoms. The minimum Gasteiger partial charge on any atom is -0.496 e. The number of ether oxygens (including phenoxy) is 1. The first-order chi connectivity index (χ1) is 11.8. The van der Waals surface area contributed by atoms with Crippen LogP contribution in [-0.2, 0) is 0 Å². The fourth-order valence-corrected chi connectivity index (χ4v) is 2.45. The molecule has 0 radical (unpaired) electrons. The Hall–Kier alpha value is -3.27. The van der Waals surface area contributed by atoms with Crippen molar-refractivity contribution in [3.05, 3.63) is 78.5 Å². The van der Waals surface area contributed by atoms with Crippen molar-refractivity contribution in [2.75, 3.05) is 12.4 Å². The molecule has 3 rings (SSSR count). The third-order valence-electron chi connectivity index (χ3n) is 3.62. The zero-order chi connectivity index (χ0) is 16.8. The molecule has 4 nitrogen and oxygen atoms in total. The van der Waals surface area contributed by atoms with Crippen LogP contribution < -0.4 is 15.4 Å². The van der Waals surface area contributed by atoms with Gasteiger partial charge in [-0.3, -0.25) is 0 Å². The summed E-state index contributed by atoms with van der Waals surface area (Å²) in [5, 5.41) is 7.73. The highest BCUT2D eigenvalue weighted by molar-refractivity contribution is 5.94. The van der Waals surface area contributed by atoms with Crippen LogP contribution >= 0.6 is 0 Å². The topological polar surface area (TPSA) is 50.4 Å². The van der Waals surface area contributed by atoms with Gasteiger partial charge in [-0.05, 0) is 35.0 Å². The van der Waals surface area contributed by atoms with Gasteiger partial charge in [0.1, 0.15) is 5.75 Å². The van der Waals surface area contributed by atoms with E-state index in [9.17, 15) is 4.79 Å². The van der Waals surface area contributed by atoms with Gasteiger partial charge in [-0.15, -0.1) is 0 Å². The maximum Gasteiger partial charge on any atom is 0.323 e. The lowest BCUT2D eigenvalue weighted by molar-refractivity contribution is 0.255. The summed E-state index contributed by atoms with van der Waals surface area (Å²) in [6, 6.07) is 21.1. The Bertz CT molecular complexity index is 887. The smallest absolute Gasteiger partial charge is 0.323 e. The Morgan fingerprint density at radius 2 is 1.71 bits per heavy atom. The number of urea groups is 1. The number of carbonyl (C=O) groups is 1. The molecular weight excluding hydrogens is 300 g/mol. The van der Waals surface area contributed by atoms with E-state index in [1.807, 2.05) is 66.7 Å². The molecule has 4 heteroatoms. The molecule has 120 valence electrons. The molecule has 0 atom stereocenters. The summed E-state index contributed by atoms with van der Waals surface area (Å²) in [6.45, 7) is 0. The molecule has 2 amide bonds. The van der Waals surface area contributed by atoms with E-state index < -0.39 is 0 Å². The Morgan fingerprint density at radius 3 is 2.54 bits per heavy atom. The number of para-hydroxylation sites is 1. The van der Waals surface area contributed by atoms with E-state index in [0.717, 1.165) is 27.8 Å². The zero-order valence-corrected chi connectivity index (χ0v) is 13.3. The minimum absolute atomic E-state index is 0.295. The summed E-state index contributed by atoms with van der Waals surface area (Å²) >= 11 is 0. The Balaban J connectivity index is 1.63. The number of amides is 2. The molecule has 0 unspecified atom stereocenters. The van der Waals surface area contributed by atoms with E-state index in [2.05, 4.69) is 10.6 Å². The number of methoxy groups -OCH3 is 1. The first-order valence-electron chi connectivity index (χ1n) is 7.62. The third kappa shape index (κ3) is 3.73. The monoisotopic (exact) mass is 318 g/mol. The normalized spacial score (nSPS) is 10.7. The quantitative estimate of drug-likeness (QED) is 0.736. The first-order valence-corrected chi connectivity index (χ1v) is 7.62. The zero-order valence-electron chi connectivity index (χ0n) is 13.3. The number of rotatable bonds is 4. The molecule has 0 bridgehead atoms. The second-order valence-corrected chi connectivity index (χ2v) is 5.24. The molecule has 0 aliphatic heterocycles. The molecule has 0 saturated carbocycles. The van der Waals surface area contributed by atoms with Gasteiger partial charge in [-0.2, -0.15) is 0 Å². The lowest BCUT2D eigenvalue weighted by atomic mass is 10.1. The lowest BCUT2D eigenvalue weighted by Gasteiger charge is -2.07. The Kier molecular flexibility index (Phi) is 4.77. The molecule has 3 aromatic rings. The van der Waals surface area contributed by atoms with Crippen LogP contribution in [-0.4, -0.2) is 13.1 Å². The van der Waals surface area contributed by atoms with Gasteiger partial charge < -0.3 is 15.4 Å². The largest absolute Gasteiger partial charge is 0.496 e. The molecule has 2 N–H and O–H groups in total. The molecule has 0 aliphatic carbocycles. The summed E-state index contributed by atoms with van der Waals surface area (Å²) in [5.74, 6) is 0.755. The highest BCUT2D eigenvalue weighted by Crippen LogP contribution is 2.19. The standard InChI is InChI=1S/C20H18N2O2/c1-24-19-9-5-4-7-16(19)12-13-21-20(23)22-18-11-10-15-6-2-3-8-17(15)14-18/h2-14H,1H3,(H2,21,22,23)/b13-12+. The molecule has 0 aromatic heterocycles. The van der Waals surface area contributed by atoms with E-state index >= 15 is 0 Å². The van der Waals surface area contributed by atoms with E-state index in [-0.39, 0.29) is 6.03 Å². The maximum absolute atomic E-state index is 12.0. The van der Waals surface area contributed by atoms with Gasteiger partial charge in [0.05, 0.1) is 7.11 Å². The Morgan fingerprint density at radius 1 is 0.958 bits per heavy atom. The van der Waals surface area contributed by atoms with Crippen LogP contribution in [0.2, 0.25) is 0 Å². The number of hydrogen-bond acceptors (Lipinski definition) is 2. The summed E-state index contributed by atoms with van der Waals surface area (Å²) in [4.78, 5) is 12.0. The van der Waals surface area contributed by atoms with E-state index in [4.69, 9.17) is 4.74 Å². The molecule has 24 heavy (non-hydrogen) atoms. The van der Waals surface area contributed by atoms with Crippen LogP contribution in [0, 0.1) is 0 Å². The second-order valence-electron chi connectivity index (χ2n) is 5.24. The highest BCUT2D eigenvalue weighted by Gasteiger charge is 2.01. The van der Waals surface area contributed by atoms with Gasteiger partial charge in [-0.1, -0.05) is 48.5 Å². The molecule has 0 fully saturated rings. The number of hydrogen-bond donors (Lipinski definition) is 2. The van der Waals surface area contributed by atoms with Crippen molar-refractivity contribution in [1.82, 2.24) is 5.32 Å². The first kappa shape index (κ1) is 15.6. The fourth-order valence-electron chi connectivity index (χ4n) is 2.45. The van der Waals surface area contributed by atoms with Crippen LogP contribution in [0.25, 0.3) is 16.8 Å². The number of fused-ring (bicyclic) bond motifs is 1. The van der Waals surface area contributed by atoms with Crippen molar-refractivity contribution in [2.45, 2.75) is 0 Å².